The molecule has 0 aromatic carbocycles. The smallest absolute Gasteiger partial charge is 0.191 e. The van der Waals surface area contributed by atoms with Crippen molar-refractivity contribution in [1.29, 1.82) is 0 Å². The van der Waals surface area contributed by atoms with E-state index in [9.17, 15) is 0 Å². The van der Waals surface area contributed by atoms with Crippen LogP contribution < -0.4 is 10.6 Å². The van der Waals surface area contributed by atoms with Crippen molar-refractivity contribution in [3.63, 3.8) is 0 Å². The molecule has 8 heteroatoms. The average Bonchev–Trinajstić information content (AvgIpc) is 3.14. The summed E-state index contributed by atoms with van der Waals surface area (Å²) in [5, 5.41) is 12.8. The van der Waals surface area contributed by atoms with Gasteiger partial charge in [0.05, 0.1) is 12.6 Å². The van der Waals surface area contributed by atoms with E-state index in [4.69, 9.17) is 0 Å². The Morgan fingerprint density at radius 3 is 2.82 bits per heavy atom. The molecule has 1 atom stereocenters. The summed E-state index contributed by atoms with van der Waals surface area (Å²) in [6, 6.07) is 4.55. The molecule has 0 saturated heterocycles. The minimum absolute atomic E-state index is 0.313. The van der Waals surface area contributed by atoms with Gasteiger partial charge in [-0.1, -0.05) is 6.07 Å². The molecule has 0 aliphatic rings. The van der Waals surface area contributed by atoms with E-state index in [2.05, 4.69) is 62.2 Å². The lowest BCUT2D eigenvalue weighted by molar-refractivity contribution is 0.302. The van der Waals surface area contributed by atoms with Gasteiger partial charge in [-0.05, 0) is 25.5 Å². The quantitative estimate of drug-likeness (QED) is 0.609. The molecule has 2 N–H and O–H groups in total. The normalized spacial score (nSPS) is 13.4. The largest absolute Gasteiger partial charge is 0.354 e. The highest BCUT2D eigenvalue weighted by molar-refractivity contribution is 7.10. The number of likely N-dealkylation sites (N-methyl/N-ethyl adjacent to an activating group) is 1. The SMILES string of the molecule is CN=C(NCc1ncnn1C)NCC(c1cccs1)N(C)C. The Morgan fingerprint density at radius 2 is 2.27 bits per heavy atom. The first-order valence-corrected chi connectivity index (χ1v) is 7.97. The second-order valence-corrected chi connectivity index (χ2v) is 6.08. The second kappa shape index (κ2) is 7.90. The maximum atomic E-state index is 4.25. The predicted octanol–water partition coefficient (Wildman–Crippen LogP) is 0.845. The summed E-state index contributed by atoms with van der Waals surface area (Å²) < 4.78 is 1.74. The predicted molar refractivity (Wildman–Crippen MR) is 90.0 cm³/mol. The first kappa shape index (κ1) is 16.4. The number of aromatic nitrogens is 3. The molecule has 0 spiro atoms. The van der Waals surface area contributed by atoms with Gasteiger partial charge in [0.25, 0.3) is 0 Å². The molecule has 1 unspecified atom stereocenters. The number of nitrogens with zero attached hydrogens (tertiary/aromatic N) is 5. The van der Waals surface area contributed by atoms with Crippen molar-refractivity contribution in [2.75, 3.05) is 27.7 Å². The fraction of sp³-hybridized carbons (Fsp3) is 0.500. The minimum atomic E-state index is 0.313. The van der Waals surface area contributed by atoms with Crippen LogP contribution in [0.25, 0.3) is 0 Å². The third kappa shape index (κ3) is 4.28. The molecule has 0 bridgehead atoms. The van der Waals surface area contributed by atoms with Crippen LogP contribution in [0.5, 0.6) is 0 Å². The Labute approximate surface area is 135 Å². The first-order chi connectivity index (χ1) is 10.6. The van der Waals surface area contributed by atoms with Crippen LogP contribution in [0.3, 0.4) is 0 Å². The van der Waals surface area contributed by atoms with Crippen LogP contribution in [-0.2, 0) is 13.6 Å². The van der Waals surface area contributed by atoms with Crippen LogP contribution in [0.4, 0.5) is 0 Å². The topological polar surface area (TPSA) is 70.4 Å². The van der Waals surface area contributed by atoms with Gasteiger partial charge in [0, 0.05) is 25.5 Å². The fourth-order valence-electron chi connectivity index (χ4n) is 2.08. The maximum absolute atomic E-state index is 4.25. The standard InChI is InChI=1S/C14H23N7S/c1-15-14(17-9-13-18-10-19-21(13)4)16-8-11(20(2)3)12-6-5-7-22-12/h5-7,10-11H,8-9H2,1-4H3,(H2,15,16,17). The van der Waals surface area contributed by atoms with Gasteiger partial charge in [-0.2, -0.15) is 5.10 Å². The molecule has 2 heterocycles. The zero-order chi connectivity index (χ0) is 15.9. The third-order valence-corrected chi connectivity index (χ3v) is 4.37. The van der Waals surface area contributed by atoms with Gasteiger partial charge in [0.15, 0.2) is 5.96 Å². The molecule has 7 nitrogen and oxygen atoms in total. The average molecular weight is 321 g/mol. The summed E-state index contributed by atoms with van der Waals surface area (Å²) in [6.45, 7) is 1.37. The zero-order valence-electron chi connectivity index (χ0n) is 13.4. The Morgan fingerprint density at radius 1 is 1.45 bits per heavy atom. The van der Waals surface area contributed by atoms with Gasteiger partial charge in [-0.15, -0.1) is 11.3 Å². The molecular formula is C14H23N7S. The van der Waals surface area contributed by atoms with E-state index in [1.54, 1.807) is 29.4 Å². The highest BCUT2D eigenvalue weighted by Gasteiger charge is 2.15. The molecule has 0 aliphatic heterocycles. The molecule has 0 aliphatic carbocycles. The summed E-state index contributed by atoms with van der Waals surface area (Å²) in [6.07, 6.45) is 1.55. The van der Waals surface area contributed by atoms with Gasteiger partial charge in [0.2, 0.25) is 0 Å². The van der Waals surface area contributed by atoms with Crippen molar-refractivity contribution in [2.45, 2.75) is 12.6 Å². The third-order valence-electron chi connectivity index (χ3n) is 3.40. The molecule has 0 amide bonds. The molecule has 2 aromatic rings. The Balaban J connectivity index is 1.89. The van der Waals surface area contributed by atoms with Crippen LogP contribution in [0.1, 0.15) is 16.7 Å². The van der Waals surface area contributed by atoms with E-state index in [1.807, 2.05) is 7.05 Å². The van der Waals surface area contributed by atoms with Crippen LogP contribution in [0.2, 0.25) is 0 Å². The van der Waals surface area contributed by atoms with Gasteiger partial charge < -0.3 is 15.5 Å². The molecule has 2 rings (SSSR count). The molecule has 0 saturated carbocycles. The van der Waals surface area contributed by atoms with Crippen LogP contribution in [0.15, 0.2) is 28.8 Å². The number of aliphatic imine (C=N–C) groups is 1. The highest BCUT2D eigenvalue weighted by Crippen LogP contribution is 2.22. The Hall–Kier alpha value is -1.93. The zero-order valence-corrected chi connectivity index (χ0v) is 14.3. The van der Waals surface area contributed by atoms with Crippen molar-refractivity contribution in [2.24, 2.45) is 12.0 Å². The van der Waals surface area contributed by atoms with Crippen molar-refractivity contribution in [1.82, 2.24) is 30.3 Å². The number of aryl methyl sites for hydroxylation is 1. The Kier molecular flexibility index (Phi) is 5.91. The number of hydrogen-bond donors (Lipinski definition) is 2. The van der Waals surface area contributed by atoms with Gasteiger partial charge in [0.1, 0.15) is 12.2 Å². The van der Waals surface area contributed by atoms with E-state index in [-0.39, 0.29) is 0 Å². The van der Waals surface area contributed by atoms with Crippen molar-refractivity contribution < 1.29 is 0 Å². The molecule has 0 radical (unpaired) electrons. The van der Waals surface area contributed by atoms with E-state index in [0.717, 1.165) is 18.3 Å². The molecule has 2 aromatic heterocycles. The molecular weight excluding hydrogens is 298 g/mol. The summed E-state index contributed by atoms with van der Waals surface area (Å²) in [4.78, 5) is 12.0. The van der Waals surface area contributed by atoms with E-state index < -0.39 is 0 Å². The molecule has 22 heavy (non-hydrogen) atoms. The van der Waals surface area contributed by atoms with Crippen LogP contribution >= 0.6 is 11.3 Å². The Bertz CT molecular complexity index is 588. The maximum Gasteiger partial charge on any atom is 0.191 e. The van der Waals surface area contributed by atoms with Gasteiger partial charge >= 0.3 is 0 Å². The number of nitrogens with one attached hydrogen (secondary N) is 2. The minimum Gasteiger partial charge on any atom is -0.354 e. The molecule has 120 valence electrons. The lowest BCUT2D eigenvalue weighted by Crippen LogP contribution is -2.41. The number of rotatable bonds is 6. The van der Waals surface area contributed by atoms with Crippen molar-refractivity contribution in [3.8, 4) is 0 Å². The number of hydrogen-bond acceptors (Lipinski definition) is 5. The van der Waals surface area contributed by atoms with Crippen LogP contribution in [0, 0.1) is 0 Å². The summed E-state index contributed by atoms with van der Waals surface area (Å²) in [5.41, 5.74) is 0. The van der Waals surface area contributed by atoms with E-state index in [0.29, 0.717) is 12.6 Å². The summed E-state index contributed by atoms with van der Waals surface area (Å²) in [7, 11) is 7.81. The van der Waals surface area contributed by atoms with E-state index in [1.165, 1.54) is 4.88 Å². The fourth-order valence-corrected chi connectivity index (χ4v) is 3.00. The monoisotopic (exact) mass is 321 g/mol. The summed E-state index contributed by atoms with van der Waals surface area (Å²) >= 11 is 1.77. The second-order valence-electron chi connectivity index (χ2n) is 5.10. The van der Waals surface area contributed by atoms with E-state index >= 15 is 0 Å². The first-order valence-electron chi connectivity index (χ1n) is 7.09. The lowest BCUT2D eigenvalue weighted by Gasteiger charge is -2.24. The van der Waals surface area contributed by atoms with Gasteiger partial charge in [-0.25, -0.2) is 4.98 Å². The summed E-state index contributed by atoms with van der Waals surface area (Å²) in [5.74, 6) is 1.62. The van der Waals surface area contributed by atoms with Gasteiger partial charge in [-0.3, -0.25) is 9.67 Å². The highest BCUT2D eigenvalue weighted by atomic mass is 32.1. The van der Waals surface area contributed by atoms with Crippen molar-refractivity contribution >= 4 is 17.3 Å². The van der Waals surface area contributed by atoms with Crippen molar-refractivity contribution in [3.05, 3.63) is 34.5 Å². The number of guanidine groups is 1. The lowest BCUT2D eigenvalue weighted by atomic mass is 10.2. The number of thiophene rings is 1. The molecule has 0 fully saturated rings. The van der Waals surface area contributed by atoms with Crippen LogP contribution in [-0.4, -0.2) is 53.3 Å².